The molecule has 3 heterocycles. The van der Waals surface area contributed by atoms with E-state index in [0.29, 0.717) is 44.6 Å². The highest BCUT2D eigenvalue weighted by Crippen LogP contribution is 2.30. The summed E-state index contributed by atoms with van der Waals surface area (Å²) in [6.45, 7) is 3.35. The summed E-state index contributed by atoms with van der Waals surface area (Å²) in [5.41, 5.74) is -0.324. The molecule has 0 spiro atoms. The van der Waals surface area contributed by atoms with Gasteiger partial charge >= 0.3 is 0 Å². The summed E-state index contributed by atoms with van der Waals surface area (Å²) in [7, 11) is 0. The maximum atomic E-state index is 13.4. The lowest BCUT2D eigenvalue weighted by atomic mass is 9.86. The largest absolute Gasteiger partial charge is 0.337 e. The Morgan fingerprint density at radius 2 is 1.75 bits per heavy atom. The molecule has 1 aromatic heterocycles. The van der Waals surface area contributed by atoms with Crippen LogP contribution in [0.1, 0.15) is 23.2 Å². The molecule has 0 aliphatic carbocycles. The van der Waals surface area contributed by atoms with E-state index < -0.39 is 11.4 Å². The molecular weight excluding hydrogens is 361 g/mol. The predicted molar refractivity (Wildman–Crippen MR) is 101 cm³/mol. The third-order valence-electron chi connectivity index (χ3n) is 5.70. The van der Waals surface area contributed by atoms with Crippen LogP contribution in [0.15, 0.2) is 42.7 Å². The normalized spacial score (nSPS) is 19.5. The van der Waals surface area contributed by atoms with Crippen LogP contribution in [0.2, 0.25) is 0 Å². The van der Waals surface area contributed by atoms with Crippen molar-refractivity contribution in [1.29, 1.82) is 0 Å². The van der Waals surface area contributed by atoms with E-state index in [0.717, 1.165) is 13.1 Å². The van der Waals surface area contributed by atoms with Crippen LogP contribution < -0.4 is 5.32 Å². The topological polar surface area (TPSA) is 70.5 Å². The Kier molecular flexibility index (Phi) is 5.13. The van der Waals surface area contributed by atoms with Gasteiger partial charge in [-0.1, -0.05) is 6.07 Å². The molecule has 0 bridgehead atoms. The number of nitrogens with zero attached hydrogens (tertiary/aromatic N) is 4. The summed E-state index contributed by atoms with van der Waals surface area (Å²) in [5.74, 6) is -0.558. The van der Waals surface area contributed by atoms with Gasteiger partial charge < -0.3 is 15.1 Å². The van der Waals surface area contributed by atoms with Crippen molar-refractivity contribution >= 4 is 11.8 Å². The van der Waals surface area contributed by atoms with Gasteiger partial charge in [-0.05, 0) is 50.2 Å². The Bertz CT molecular complexity index is 840. The van der Waals surface area contributed by atoms with E-state index in [2.05, 4.69) is 10.4 Å². The van der Waals surface area contributed by atoms with E-state index in [1.807, 2.05) is 17.2 Å². The fourth-order valence-electron chi connectivity index (χ4n) is 4.11. The van der Waals surface area contributed by atoms with Crippen molar-refractivity contribution in [3.63, 3.8) is 0 Å². The highest BCUT2D eigenvalue weighted by Gasteiger charge is 2.45. The van der Waals surface area contributed by atoms with Gasteiger partial charge in [0.05, 0.1) is 0 Å². The molecule has 2 amide bonds. The molecule has 148 valence electrons. The SMILES string of the molecule is O=C(c1cccc(F)c1)N1CCN(C(=O)C2(n3cccn3)CCNCC2)CC1. The zero-order valence-electron chi connectivity index (χ0n) is 15.7. The van der Waals surface area contributed by atoms with Crippen molar-refractivity contribution < 1.29 is 14.0 Å². The number of carbonyl (C=O) groups is 2. The van der Waals surface area contributed by atoms with Crippen molar-refractivity contribution in [2.24, 2.45) is 0 Å². The summed E-state index contributed by atoms with van der Waals surface area (Å²) in [4.78, 5) is 29.6. The van der Waals surface area contributed by atoms with Crippen LogP contribution in [-0.4, -0.2) is 70.7 Å². The van der Waals surface area contributed by atoms with E-state index in [1.54, 1.807) is 21.8 Å². The molecule has 0 saturated carbocycles. The third-order valence-corrected chi connectivity index (χ3v) is 5.70. The molecule has 0 radical (unpaired) electrons. The Morgan fingerprint density at radius 1 is 1.04 bits per heavy atom. The maximum Gasteiger partial charge on any atom is 0.254 e. The van der Waals surface area contributed by atoms with Crippen LogP contribution in [0, 0.1) is 5.82 Å². The van der Waals surface area contributed by atoms with Gasteiger partial charge in [0.1, 0.15) is 11.4 Å². The van der Waals surface area contributed by atoms with E-state index in [4.69, 9.17) is 0 Å². The minimum Gasteiger partial charge on any atom is -0.337 e. The molecule has 2 fully saturated rings. The molecule has 1 aromatic carbocycles. The second kappa shape index (κ2) is 7.71. The molecule has 7 nitrogen and oxygen atoms in total. The van der Waals surface area contributed by atoms with Gasteiger partial charge in [-0.3, -0.25) is 14.3 Å². The molecule has 8 heteroatoms. The van der Waals surface area contributed by atoms with Crippen LogP contribution in [0.5, 0.6) is 0 Å². The van der Waals surface area contributed by atoms with E-state index in [9.17, 15) is 14.0 Å². The second-order valence-electron chi connectivity index (χ2n) is 7.33. The van der Waals surface area contributed by atoms with E-state index >= 15 is 0 Å². The first-order valence-corrected chi connectivity index (χ1v) is 9.65. The van der Waals surface area contributed by atoms with Gasteiger partial charge in [0, 0.05) is 44.1 Å². The van der Waals surface area contributed by atoms with Gasteiger partial charge in [-0.25, -0.2) is 4.39 Å². The Balaban J connectivity index is 1.45. The van der Waals surface area contributed by atoms with E-state index in [1.165, 1.54) is 18.2 Å². The fraction of sp³-hybridized carbons (Fsp3) is 0.450. The summed E-state index contributed by atoms with van der Waals surface area (Å²) in [6.07, 6.45) is 4.94. The van der Waals surface area contributed by atoms with Crippen molar-refractivity contribution in [3.8, 4) is 0 Å². The zero-order valence-corrected chi connectivity index (χ0v) is 15.7. The molecule has 2 aliphatic heterocycles. The number of benzene rings is 1. The van der Waals surface area contributed by atoms with Gasteiger partial charge in [0.2, 0.25) is 0 Å². The van der Waals surface area contributed by atoms with Crippen LogP contribution in [0.25, 0.3) is 0 Å². The average molecular weight is 385 g/mol. The fourth-order valence-corrected chi connectivity index (χ4v) is 4.11. The molecule has 0 atom stereocenters. The van der Waals surface area contributed by atoms with E-state index in [-0.39, 0.29) is 11.8 Å². The minimum atomic E-state index is -0.663. The molecule has 28 heavy (non-hydrogen) atoms. The first-order valence-electron chi connectivity index (χ1n) is 9.65. The van der Waals surface area contributed by atoms with Crippen molar-refractivity contribution in [2.75, 3.05) is 39.3 Å². The van der Waals surface area contributed by atoms with Crippen molar-refractivity contribution in [2.45, 2.75) is 18.4 Å². The number of aromatic nitrogens is 2. The van der Waals surface area contributed by atoms with Crippen LogP contribution in [0.4, 0.5) is 4.39 Å². The first kappa shape index (κ1) is 18.6. The summed E-state index contributed by atoms with van der Waals surface area (Å²) in [5, 5.41) is 7.67. The standard InChI is InChI=1S/C20H24FN5O2/c21-17-4-1-3-16(15-17)18(27)24-11-13-25(14-12-24)19(28)20(5-8-22-9-6-20)26-10-2-7-23-26/h1-4,7,10,15,22H,5-6,8-9,11-14H2. The lowest BCUT2D eigenvalue weighted by molar-refractivity contribution is -0.144. The van der Waals surface area contributed by atoms with Gasteiger partial charge in [-0.2, -0.15) is 5.10 Å². The second-order valence-corrected chi connectivity index (χ2v) is 7.33. The maximum absolute atomic E-state index is 13.4. The monoisotopic (exact) mass is 385 g/mol. The molecule has 4 rings (SSSR count). The number of rotatable bonds is 3. The number of nitrogens with one attached hydrogen (secondary N) is 1. The Hall–Kier alpha value is -2.74. The minimum absolute atomic E-state index is 0.0653. The smallest absolute Gasteiger partial charge is 0.254 e. The van der Waals surface area contributed by atoms with Gasteiger partial charge in [0.25, 0.3) is 11.8 Å². The number of hydrogen-bond donors (Lipinski definition) is 1. The van der Waals surface area contributed by atoms with Crippen molar-refractivity contribution in [3.05, 3.63) is 54.1 Å². The quantitative estimate of drug-likeness (QED) is 0.859. The summed E-state index contributed by atoms with van der Waals surface area (Å²) in [6, 6.07) is 7.56. The highest BCUT2D eigenvalue weighted by atomic mass is 19.1. The molecule has 2 saturated heterocycles. The number of hydrogen-bond acceptors (Lipinski definition) is 4. The average Bonchev–Trinajstić information content (AvgIpc) is 3.29. The molecular formula is C20H24FN5O2. The van der Waals surface area contributed by atoms with Gasteiger partial charge in [0.15, 0.2) is 0 Å². The Labute approximate surface area is 163 Å². The van der Waals surface area contributed by atoms with Gasteiger partial charge in [-0.15, -0.1) is 0 Å². The first-order chi connectivity index (χ1) is 13.6. The number of halogens is 1. The van der Waals surface area contributed by atoms with Crippen LogP contribution in [0.3, 0.4) is 0 Å². The molecule has 2 aromatic rings. The number of amides is 2. The third kappa shape index (κ3) is 3.40. The number of carbonyl (C=O) groups excluding carboxylic acids is 2. The predicted octanol–water partition coefficient (Wildman–Crippen LogP) is 1.09. The number of piperazine rings is 1. The molecule has 1 N–H and O–H groups in total. The summed E-state index contributed by atoms with van der Waals surface area (Å²) >= 11 is 0. The molecule has 0 unspecified atom stereocenters. The number of piperidine rings is 1. The summed E-state index contributed by atoms with van der Waals surface area (Å²) < 4.78 is 15.2. The lowest BCUT2D eigenvalue weighted by Crippen LogP contribution is -2.59. The highest BCUT2D eigenvalue weighted by molar-refractivity contribution is 5.94. The zero-order chi connectivity index (χ0) is 19.6. The van der Waals surface area contributed by atoms with Crippen molar-refractivity contribution in [1.82, 2.24) is 24.9 Å². The molecule has 2 aliphatic rings. The van der Waals surface area contributed by atoms with Crippen LogP contribution in [-0.2, 0) is 10.3 Å². The lowest BCUT2D eigenvalue weighted by Gasteiger charge is -2.43. The van der Waals surface area contributed by atoms with Crippen LogP contribution >= 0.6 is 0 Å². The Morgan fingerprint density at radius 3 is 2.39 bits per heavy atom.